The third-order valence-corrected chi connectivity index (χ3v) is 4.95. The summed E-state index contributed by atoms with van der Waals surface area (Å²) >= 11 is 1.55. The Morgan fingerprint density at radius 1 is 1.30 bits per heavy atom. The lowest BCUT2D eigenvalue weighted by Crippen LogP contribution is -2.53. The van der Waals surface area contributed by atoms with Gasteiger partial charge in [-0.05, 0) is 25.5 Å². The Morgan fingerprint density at radius 2 is 1.95 bits per heavy atom. The second-order valence-corrected chi connectivity index (χ2v) is 6.13. The normalized spacial score (nSPS) is 18.0. The van der Waals surface area contributed by atoms with Gasteiger partial charge in [0.15, 0.2) is 0 Å². The van der Waals surface area contributed by atoms with Crippen molar-refractivity contribution in [3.05, 3.63) is 21.9 Å². The third-order valence-electron chi connectivity index (χ3n) is 3.73. The first kappa shape index (κ1) is 15.0. The highest BCUT2D eigenvalue weighted by Crippen LogP contribution is 2.19. The standard InChI is InChI=1S/C14H20N2O3S/c1-3-11-4-5-12(20-11)13(17)16-8-6-15(7-9-16)10(2)14(18)19/h4-5,10H,3,6-9H2,1-2H3,(H,18,19). The van der Waals surface area contributed by atoms with Gasteiger partial charge >= 0.3 is 5.97 Å². The summed E-state index contributed by atoms with van der Waals surface area (Å²) in [5.74, 6) is -0.743. The number of thiophene rings is 1. The maximum atomic E-state index is 12.3. The van der Waals surface area contributed by atoms with Crippen molar-refractivity contribution in [2.75, 3.05) is 26.2 Å². The second-order valence-electron chi connectivity index (χ2n) is 4.96. The predicted molar refractivity (Wildman–Crippen MR) is 78.3 cm³/mol. The van der Waals surface area contributed by atoms with Crippen LogP contribution in [0, 0.1) is 0 Å². The maximum Gasteiger partial charge on any atom is 0.320 e. The molecule has 1 atom stereocenters. The molecule has 20 heavy (non-hydrogen) atoms. The monoisotopic (exact) mass is 296 g/mol. The highest BCUT2D eigenvalue weighted by Gasteiger charge is 2.27. The molecule has 0 bridgehead atoms. The van der Waals surface area contributed by atoms with E-state index in [1.54, 1.807) is 18.3 Å². The van der Waals surface area contributed by atoms with E-state index in [9.17, 15) is 9.59 Å². The van der Waals surface area contributed by atoms with Crippen LogP contribution in [-0.4, -0.2) is 59.0 Å². The molecule has 0 radical (unpaired) electrons. The number of hydrogen-bond donors (Lipinski definition) is 1. The van der Waals surface area contributed by atoms with Crippen molar-refractivity contribution < 1.29 is 14.7 Å². The second kappa shape index (κ2) is 6.37. The number of piperazine rings is 1. The minimum Gasteiger partial charge on any atom is -0.480 e. The topological polar surface area (TPSA) is 60.9 Å². The molecule has 1 aromatic rings. The highest BCUT2D eigenvalue weighted by atomic mass is 32.1. The van der Waals surface area contributed by atoms with Crippen LogP contribution in [0.4, 0.5) is 0 Å². The molecule has 2 heterocycles. The molecule has 1 saturated heterocycles. The van der Waals surface area contributed by atoms with Gasteiger partial charge in [-0.15, -0.1) is 11.3 Å². The van der Waals surface area contributed by atoms with Crippen LogP contribution in [0.3, 0.4) is 0 Å². The number of hydrogen-bond acceptors (Lipinski definition) is 4. The zero-order valence-corrected chi connectivity index (χ0v) is 12.7. The fraction of sp³-hybridized carbons (Fsp3) is 0.571. The molecule has 0 aliphatic carbocycles. The van der Waals surface area contributed by atoms with Gasteiger partial charge in [-0.1, -0.05) is 6.92 Å². The summed E-state index contributed by atoms with van der Waals surface area (Å²) in [5, 5.41) is 9.00. The maximum absolute atomic E-state index is 12.3. The van der Waals surface area contributed by atoms with Crippen LogP contribution in [-0.2, 0) is 11.2 Å². The Kier molecular flexibility index (Phi) is 4.77. The van der Waals surface area contributed by atoms with Gasteiger partial charge in [0.2, 0.25) is 0 Å². The lowest BCUT2D eigenvalue weighted by atomic mass is 10.2. The molecular weight excluding hydrogens is 276 g/mol. The molecule has 0 spiro atoms. The van der Waals surface area contributed by atoms with E-state index in [1.165, 1.54) is 4.88 Å². The zero-order chi connectivity index (χ0) is 14.7. The van der Waals surface area contributed by atoms with Gasteiger partial charge in [0, 0.05) is 31.1 Å². The first-order chi connectivity index (χ1) is 9.52. The summed E-state index contributed by atoms with van der Waals surface area (Å²) in [6.07, 6.45) is 0.946. The van der Waals surface area contributed by atoms with Gasteiger partial charge in [-0.3, -0.25) is 14.5 Å². The van der Waals surface area contributed by atoms with Gasteiger partial charge in [-0.25, -0.2) is 0 Å². The van der Waals surface area contributed by atoms with E-state index in [2.05, 4.69) is 6.92 Å². The smallest absolute Gasteiger partial charge is 0.320 e. The summed E-state index contributed by atoms with van der Waals surface area (Å²) in [6.45, 7) is 6.18. The number of aryl methyl sites for hydroxylation is 1. The van der Waals surface area contributed by atoms with E-state index >= 15 is 0 Å². The molecule has 1 fully saturated rings. The van der Waals surface area contributed by atoms with Crippen LogP contribution in [0.1, 0.15) is 28.4 Å². The fourth-order valence-electron chi connectivity index (χ4n) is 2.31. The summed E-state index contributed by atoms with van der Waals surface area (Å²) in [6, 6.07) is 3.40. The van der Waals surface area contributed by atoms with Crippen LogP contribution in [0.25, 0.3) is 0 Å². The van der Waals surface area contributed by atoms with E-state index in [4.69, 9.17) is 5.11 Å². The molecule has 6 heteroatoms. The fourth-order valence-corrected chi connectivity index (χ4v) is 3.22. The first-order valence-corrected chi connectivity index (χ1v) is 7.69. The van der Waals surface area contributed by atoms with Gasteiger partial charge in [-0.2, -0.15) is 0 Å². The summed E-state index contributed by atoms with van der Waals surface area (Å²) in [5.41, 5.74) is 0. The molecule has 1 aromatic heterocycles. The Hall–Kier alpha value is -1.40. The number of aliphatic carboxylic acids is 1. The summed E-state index contributed by atoms with van der Waals surface area (Å²) in [4.78, 5) is 29.0. The molecule has 0 saturated carbocycles. The van der Waals surface area contributed by atoms with Crippen molar-refractivity contribution in [2.45, 2.75) is 26.3 Å². The Morgan fingerprint density at radius 3 is 2.45 bits per heavy atom. The third kappa shape index (κ3) is 3.19. The Balaban J connectivity index is 1.93. The minimum absolute atomic E-state index is 0.0670. The number of carboxylic acid groups (broad SMARTS) is 1. The van der Waals surface area contributed by atoms with Crippen molar-refractivity contribution in [1.82, 2.24) is 9.80 Å². The first-order valence-electron chi connectivity index (χ1n) is 6.87. The van der Waals surface area contributed by atoms with Crippen LogP contribution in [0.15, 0.2) is 12.1 Å². The average molecular weight is 296 g/mol. The Labute approximate surface area is 122 Å². The number of amides is 1. The molecule has 1 unspecified atom stereocenters. The van der Waals surface area contributed by atoms with Crippen molar-refractivity contribution in [3.63, 3.8) is 0 Å². The minimum atomic E-state index is -0.810. The summed E-state index contributed by atoms with van der Waals surface area (Å²) < 4.78 is 0. The average Bonchev–Trinajstić information content (AvgIpc) is 2.94. The van der Waals surface area contributed by atoms with Gasteiger partial charge in [0.05, 0.1) is 4.88 Å². The molecular formula is C14H20N2O3S. The quantitative estimate of drug-likeness (QED) is 0.915. The zero-order valence-electron chi connectivity index (χ0n) is 11.8. The van der Waals surface area contributed by atoms with E-state index in [0.717, 1.165) is 11.3 Å². The largest absolute Gasteiger partial charge is 0.480 e. The SMILES string of the molecule is CCc1ccc(C(=O)N2CCN(C(C)C(=O)O)CC2)s1. The van der Waals surface area contributed by atoms with Crippen molar-refractivity contribution in [2.24, 2.45) is 0 Å². The van der Waals surface area contributed by atoms with Gasteiger partial charge in [0.25, 0.3) is 5.91 Å². The summed E-state index contributed by atoms with van der Waals surface area (Å²) in [7, 11) is 0. The highest BCUT2D eigenvalue weighted by molar-refractivity contribution is 7.14. The molecule has 110 valence electrons. The molecule has 5 nitrogen and oxygen atoms in total. The van der Waals surface area contributed by atoms with Crippen LogP contribution in [0.2, 0.25) is 0 Å². The van der Waals surface area contributed by atoms with E-state index < -0.39 is 12.0 Å². The van der Waals surface area contributed by atoms with Gasteiger partial charge < -0.3 is 10.0 Å². The molecule has 1 amide bonds. The molecule has 1 aliphatic heterocycles. The number of carbonyl (C=O) groups is 2. The number of carbonyl (C=O) groups excluding carboxylic acids is 1. The van der Waals surface area contributed by atoms with Crippen LogP contribution in [0.5, 0.6) is 0 Å². The lowest BCUT2D eigenvalue weighted by Gasteiger charge is -2.36. The van der Waals surface area contributed by atoms with Crippen LogP contribution >= 0.6 is 11.3 Å². The number of carboxylic acids is 1. The molecule has 2 rings (SSSR count). The van der Waals surface area contributed by atoms with Crippen LogP contribution < -0.4 is 0 Å². The van der Waals surface area contributed by atoms with E-state index in [-0.39, 0.29) is 5.91 Å². The predicted octanol–water partition coefficient (Wildman–Crippen LogP) is 1.54. The number of rotatable bonds is 4. The van der Waals surface area contributed by atoms with Crippen molar-refractivity contribution in [1.29, 1.82) is 0 Å². The Bertz CT molecular complexity index is 492. The number of nitrogens with zero attached hydrogens (tertiary/aromatic N) is 2. The lowest BCUT2D eigenvalue weighted by molar-refractivity contribution is -0.143. The van der Waals surface area contributed by atoms with Gasteiger partial charge in [0.1, 0.15) is 6.04 Å². The molecule has 0 aromatic carbocycles. The van der Waals surface area contributed by atoms with Crippen molar-refractivity contribution >= 4 is 23.2 Å². The molecule has 1 N–H and O–H groups in total. The van der Waals surface area contributed by atoms with Crippen molar-refractivity contribution in [3.8, 4) is 0 Å². The molecule has 1 aliphatic rings. The van der Waals surface area contributed by atoms with E-state index in [0.29, 0.717) is 26.2 Å². The van der Waals surface area contributed by atoms with E-state index in [1.807, 2.05) is 21.9 Å².